The molecule has 0 fully saturated rings. The van der Waals surface area contributed by atoms with Gasteiger partial charge in [-0.1, -0.05) is 0 Å². The number of likely N-dealkylation sites (N-methyl/N-ethyl adjacent to an activating group) is 2. The van der Waals surface area contributed by atoms with E-state index < -0.39 is 27.3 Å². The third-order valence-corrected chi connectivity index (χ3v) is 4.89. The molecule has 0 amide bonds. The highest BCUT2D eigenvalue weighted by Crippen LogP contribution is 2.27. The molecule has 0 aliphatic heterocycles. The number of carboxylic acids is 1. The van der Waals surface area contributed by atoms with Crippen LogP contribution in [0.25, 0.3) is 0 Å². The molecule has 0 aromatic heterocycles. The molecule has 0 heterocycles. The summed E-state index contributed by atoms with van der Waals surface area (Å²) >= 11 is 0. The van der Waals surface area contributed by atoms with Gasteiger partial charge in [0, 0.05) is 20.1 Å². The molecule has 1 aromatic carbocycles. The van der Waals surface area contributed by atoms with Gasteiger partial charge in [0.05, 0.1) is 4.90 Å². The van der Waals surface area contributed by atoms with Gasteiger partial charge in [0.2, 0.25) is 10.0 Å². The number of sulfonamides is 1. The Morgan fingerprint density at radius 2 is 2.00 bits per heavy atom. The van der Waals surface area contributed by atoms with E-state index in [4.69, 9.17) is 5.11 Å². The van der Waals surface area contributed by atoms with Gasteiger partial charge < -0.3 is 15.5 Å². The Hall–Kier alpha value is -1.64. The van der Waals surface area contributed by atoms with Crippen molar-refractivity contribution in [2.45, 2.75) is 11.8 Å². The molecule has 3 N–H and O–H groups in total. The van der Waals surface area contributed by atoms with Crippen LogP contribution in [0.4, 0.5) is 0 Å². The van der Waals surface area contributed by atoms with Crippen LogP contribution in [0.3, 0.4) is 0 Å². The van der Waals surface area contributed by atoms with Gasteiger partial charge in [-0.15, -0.1) is 0 Å². The fraction of sp³-hybridized carbons (Fsp3) is 0.417. The number of nitrogens with zero attached hydrogens (tertiary/aromatic N) is 1. The van der Waals surface area contributed by atoms with E-state index >= 15 is 0 Å². The van der Waals surface area contributed by atoms with Crippen molar-refractivity contribution in [3.8, 4) is 5.75 Å². The van der Waals surface area contributed by atoms with Crippen molar-refractivity contribution in [1.29, 1.82) is 0 Å². The number of hydrogen-bond acceptors (Lipinski definition) is 5. The third-order valence-electron chi connectivity index (χ3n) is 2.89. The van der Waals surface area contributed by atoms with Gasteiger partial charge in [0.15, 0.2) is 0 Å². The van der Waals surface area contributed by atoms with Crippen LogP contribution < -0.4 is 5.32 Å². The minimum absolute atomic E-state index is 0.119. The molecule has 0 saturated carbocycles. The van der Waals surface area contributed by atoms with Crippen LogP contribution in [0.15, 0.2) is 17.0 Å². The Balaban J connectivity index is 3.31. The van der Waals surface area contributed by atoms with Crippen molar-refractivity contribution in [2.24, 2.45) is 0 Å². The summed E-state index contributed by atoms with van der Waals surface area (Å²) < 4.78 is 25.9. The highest BCUT2D eigenvalue weighted by atomic mass is 32.2. The van der Waals surface area contributed by atoms with E-state index in [0.717, 1.165) is 16.4 Å². The molecule has 0 radical (unpaired) electrons. The van der Waals surface area contributed by atoms with Crippen molar-refractivity contribution in [3.05, 3.63) is 23.3 Å². The second-order valence-electron chi connectivity index (χ2n) is 4.37. The zero-order valence-corrected chi connectivity index (χ0v) is 12.4. The van der Waals surface area contributed by atoms with Gasteiger partial charge in [-0.2, -0.15) is 4.31 Å². The SMILES string of the molecule is CNCCN(C)S(=O)(=O)c1cc(C(=O)O)c(O)cc1C. The van der Waals surface area contributed by atoms with Crippen molar-refractivity contribution in [3.63, 3.8) is 0 Å². The van der Waals surface area contributed by atoms with Gasteiger partial charge >= 0.3 is 5.97 Å². The Kier molecular flexibility index (Phi) is 5.09. The summed E-state index contributed by atoms with van der Waals surface area (Å²) in [6.45, 7) is 2.23. The fourth-order valence-electron chi connectivity index (χ4n) is 1.68. The number of aromatic carboxylic acids is 1. The van der Waals surface area contributed by atoms with E-state index in [2.05, 4.69) is 5.32 Å². The lowest BCUT2D eigenvalue weighted by molar-refractivity contribution is 0.0693. The Morgan fingerprint density at radius 3 is 2.50 bits per heavy atom. The topological polar surface area (TPSA) is 107 Å². The summed E-state index contributed by atoms with van der Waals surface area (Å²) in [5, 5.41) is 21.3. The van der Waals surface area contributed by atoms with E-state index in [1.807, 2.05) is 0 Å². The summed E-state index contributed by atoms with van der Waals surface area (Å²) in [5.74, 6) is -1.83. The summed E-state index contributed by atoms with van der Waals surface area (Å²) in [6.07, 6.45) is 0. The van der Waals surface area contributed by atoms with Gasteiger partial charge in [-0.3, -0.25) is 0 Å². The summed E-state index contributed by atoms with van der Waals surface area (Å²) in [4.78, 5) is 10.9. The molecule has 20 heavy (non-hydrogen) atoms. The number of phenols is 1. The summed E-state index contributed by atoms with van der Waals surface area (Å²) in [5.41, 5.74) is -0.139. The number of carboxylic acid groups (broad SMARTS) is 1. The molecule has 7 nitrogen and oxygen atoms in total. The van der Waals surface area contributed by atoms with Crippen molar-refractivity contribution >= 4 is 16.0 Å². The molecule has 0 atom stereocenters. The van der Waals surface area contributed by atoms with Crippen LogP contribution in [-0.4, -0.2) is 56.1 Å². The smallest absolute Gasteiger partial charge is 0.339 e. The minimum Gasteiger partial charge on any atom is -0.507 e. The monoisotopic (exact) mass is 302 g/mol. The molecule has 0 bridgehead atoms. The van der Waals surface area contributed by atoms with Crippen LogP contribution in [-0.2, 0) is 10.0 Å². The number of aromatic hydroxyl groups is 1. The molecule has 1 aromatic rings. The maximum atomic E-state index is 12.4. The van der Waals surface area contributed by atoms with Crippen LogP contribution in [0.5, 0.6) is 5.75 Å². The second kappa shape index (κ2) is 6.21. The number of rotatable bonds is 6. The lowest BCUT2D eigenvalue weighted by Gasteiger charge is -2.19. The predicted molar refractivity (Wildman–Crippen MR) is 73.5 cm³/mol. The first-order valence-corrected chi connectivity index (χ1v) is 7.33. The fourth-order valence-corrected chi connectivity index (χ4v) is 3.08. The zero-order valence-electron chi connectivity index (χ0n) is 11.5. The van der Waals surface area contributed by atoms with E-state index in [9.17, 15) is 18.3 Å². The van der Waals surface area contributed by atoms with E-state index in [1.165, 1.54) is 14.0 Å². The number of nitrogens with one attached hydrogen (secondary N) is 1. The van der Waals surface area contributed by atoms with Gasteiger partial charge in [-0.25, -0.2) is 13.2 Å². The molecule has 8 heteroatoms. The molecule has 1 rings (SSSR count). The van der Waals surface area contributed by atoms with Gasteiger partial charge in [0.1, 0.15) is 11.3 Å². The average Bonchev–Trinajstić information content (AvgIpc) is 2.34. The minimum atomic E-state index is -3.80. The number of aryl methyl sites for hydroxylation is 1. The van der Waals surface area contributed by atoms with Gasteiger partial charge in [0.25, 0.3) is 0 Å². The number of benzene rings is 1. The molecule has 0 spiro atoms. The summed E-state index contributed by atoms with van der Waals surface area (Å²) in [7, 11) is -0.677. The largest absolute Gasteiger partial charge is 0.507 e. The normalized spacial score (nSPS) is 11.8. The second-order valence-corrected chi connectivity index (χ2v) is 6.38. The van der Waals surface area contributed by atoms with Gasteiger partial charge in [-0.05, 0) is 31.7 Å². The standard InChI is InChI=1S/C12H18N2O5S/c1-8-6-10(15)9(12(16)17)7-11(8)20(18,19)14(3)5-4-13-2/h6-7,13,15H,4-5H2,1-3H3,(H,16,17). The van der Waals surface area contributed by atoms with E-state index in [0.29, 0.717) is 12.1 Å². The Bertz CT molecular complexity index is 613. The van der Waals surface area contributed by atoms with E-state index in [1.54, 1.807) is 7.05 Å². The molecule has 0 aliphatic rings. The molecule has 0 aliphatic carbocycles. The quantitative estimate of drug-likeness (QED) is 0.695. The lowest BCUT2D eigenvalue weighted by Crippen LogP contribution is -2.33. The molecule has 0 saturated heterocycles. The van der Waals surface area contributed by atoms with Crippen LogP contribution >= 0.6 is 0 Å². The zero-order chi connectivity index (χ0) is 15.5. The summed E-state index contributed by atoms with van der Waals surface area (Å²) in [6, 6.07) is 2.13. The predicted octanol–water partition coefficient (Wildman–Crippen LogP) is 0.239. The third kappa shape index (κ3) is 3.27. The van der Waals surface area contributed by atoms with Crippen LogP contribution in [0.1, 0.15) is 15.9 Å². The maximum Gasteiger partial charge on any atom is 0.339 e. The van der Waals surface area contributed by atoms with Crippen LogP contribution in [0, 0.1) is 6.92 Å². The molecule has 112 valence electrons. The average molecular weight is 302 g/mol. The molecular formula is C12H18N2O5S. The maximum absolute atomic E-state index is 12.4. The molecule has 0 unspecified atom stereocenters. The van der Waals surface area contributed by atoms with Crippen molar-refractivity contribution < 1.29 is 23.4 Å². The first-order chi connectivity index (χ1) is 9.21. The van der Waals surface area contributed by atoms with Crippen molar-refractivity contribution in [1.82, 2.24) is 9.62 Å². The van der Waals surface area contributed by atoms with Crippen molar-refractivity contribution in [2.75, 3.05) is 27.2 Å². The molecular weight excluding hydrogens is 284 g/mol. The van der Waals surface area contributed by atoms with E-state index in [-0.39, 0.29) is 11.4 Å². The highest BCUT2D eigenvalue weighted by Gasteiger charge is 2.25. The first-order valence-electron chi connectivity index (χ1n) is 5.89. The van der Waals surface area contributed by atoms with Crippen LogP contribution in [0.2, 0.25) is 0 Å². The highest BCUT2D eigenvalue weighted by molar-refractivity contribution is 7.89. The Morgan fingerprint density at radius 1 is 1.40 bits per heavy atom. The number of carbonyl (C=O) groups is 1. The first kappa shape index (κ1) is 16.4. The Labute approximate surface area is 117 Å². The lowest BCUT2D eigenvalue weighted by atomic mass is 10.1. The number of hydrogen-bond donors (Lipinski definition) is 3.